The highest BCUT2D eigenvalue weighted by Crippen LogP contribution is 2.26. The molecule has 98 valence electrons. The largest absolute Gasteiger partial charge is 0.464 e. The second-order valence-electron chi connectivity index (χ2n) is 4.81. The van der Waals surface area contributed by atoms with Gasteiger partial charge in [0.15, 0.2) is 5.69 Å². The number of nitrogens with zero attached hydrogens (tertiary/aromatic N) is 2. The van der Waals surface area contributed by atoms with Crippen molar-refractivity contribution in [1.29, 1.82) is 0 Å². The molecule has 0 bridgehead atoms. The van der Waals surface area contributed by atoms with Gasteiger partial charge in [-0.1, -0.05) is 19.8 Å². The van der Waals surface area contributed by atoms with Crippen LogP contribution in [0.2, 0.25) is 0 Å². The highest BCUT2D eigenvalue weighted by Gasteiger charge is 2.21. The lowest BCUT2D eigenvalue weighted by Crippen LogP contribution is -2.30. The molecule has 2 rings (SSSR count). The van der Waals surface area contributed by atoms with Crippen LogP contribution in [0.15, 0.2) is 12.1 Å². The third-order valence-corrected chi connectivity index (χ3v) is 3.50. The molecule has 0 saturated heterocycles. The maximum Gasteiger partial charge on any atom is 0.358 e. The van der Waals surface area contributed by atoms with Crippen molar-refractivity contribution in [3.63, 3.8) is 0 Å². The Morgan fingerprint density at radius 3 is 2.72 bits per heavy atom. The smallest absolute Gasteiger partial charge is 0.358 e. The fraction of sp³-hybridized carbons (Fsp3) is 0.615. The molecule has 0 amide bonds. The third-order valence-electron chi connectivity index (χ3n) is 3.50. The van der Waals surface area contributed by atoms with Crippen LogP contribution in [0, 0.1) is 5.92 Å². The highest BCUT2D eigenvalue weighted by molar-refractivity contribution is 5.86. The Morgan fingerprint density at radius 1 is 1.33 bits per heavy atom. The molecule has 0 aliphatic heterocycles. The number of carbonyl (C=O) groups excluding carboxylic acids is 1. The fourth-order valence-corrected chi connectivity index (χ4v) is 2.34. The molecule has 5 heteroatoms. The van der Waals surface area contributed by atoms with E-state index in [1.807, 2.05) is 0 Å². The molecule has 1 saturated carbocycles. The van der Waals surface area contributed by atoms with Crippen LogP contribution >= 0.6 is 0 Å². The number of aromatic nitrogens is 2. The van der Waals surface area contributed by atoms with E-state index >= 15 is 0 Å². The van der Waals surface area contributed by atoms with Gasteiger partial charge in [0.25, 0.3) is 0 Å². The summed E-state index contributed by atoms with van der Waals surface area (Å²) in [7, 11) is 1.33. The number of anilines is 1. The average Bonchev–Trinajstić information content (AvgIpc) is 2.41. The van der Waals surface area contributed by atoms with Crippen molar-refractivity contribution in [2.24, 2.45) is 5.92 Å². The van der Waals surface area contributed by atoms with Gasteiger partial charge in [0, 0.05) is 6.04 Å². The maximum absolute atomic E-state index is 11.2. The summed E-state index contributed by atoms with van der Waals surface area (Å²) in [4.78, 5) is 11.2. The SMILES string of the molecule is COC(=O)c1ccc(N[C@@H]2CCCC[C@@H]2C)nn1. The molecule has 1 aromatic heterocycles. The molecule has 0 radical (unpaired) electrons. The van der Waals surface area contributed by atoms with E-state index in [0.717, 1.165) is 5.82 Å². The lowest BCUT2D eigenvalue weighted by atomic mass is 9.86. The zero-order valence-corrected chi connectivity index (χ0v) is 10.8. The minimum Gasteiger partial charge on any atom is -0.464 e. The minimum absolute atomic E-state index is 0.236. The number of nitrogens with one attached hydrogen (secondary N) is 1. The Kier molecular flexibility index (Phi) is 4.12. The second-order valence-corrected chi connectivity index (χ2v) is 4.81. The van der Waals surface area contributed by atoms with E-state index in [1.54, 1.807) is 12.1 Å². The average molecular weight is 249 g/mol. The van der Waals surface area contributed by atoms with Gasteiger partial charge in [0.2, 0.25) is 0 Å². The number of esters is 1. The minimum atomic E-state index is -0.458. The molecule has 1 fully saturated rings. The summed E-state index contributed by atoms with van der Waals surface area (Å²) in [5.74, 6) is 0.919. The van der Waals surface area contributed by atoms with Gasteiger partial charge in [0.05, 0.1) is 7.11 Å². The summed E-state index contributed by atoms with van der Waals surface area (Å²) in [6.45, 7) is 2.26. The van der Waals surface area contributed by atoms with E-state index in [-0.39, 0.29) is 5.69 Å². The van der Waals surface area contributed by atoms with Gasteiger partial charge in [-0.15, -0.1) is 10.2 Å². The number of hydrogen-bond acceptors (Lipinski definition) is 5. The molecule has 1 aliphatic rings. The Hall–Kier alpha value is -1.65. The van der Waals surface area contributed by atoms with Crippen LogP contribution in [0.25, 0.3) is 0 Å². The molecule has 1 aromatic rings. The lowest BCUT2D eigenvalue weighted by molar-refractivity contribution is 0.0593. The summed E-state index contributed by atoms with van der Waals surface area (Å²) in [5.41, 5.74) is 0.236. The van der Waals surface area contributed by atoms with Gasteiger partial charge in [-0.05, 0) is 30.9 Å². The Balaban J connectivity index is 1.99. The van der Waals surface area contributed by atoms with Crippen molar-refractivity contribution in [1.82, 2.24) is 10.2 Å². The lowest BCUT2D eigenvalue weighted by Gasteiger charge is -2.29. The summed E-state index contributed by atoms with van der Waals surface area (Å²) in [6, 6.07) is 3.87. The first kappa shape index (κ1) is 12.8. The summed E-state index contributed by atoms with van der Waals surface area (Å²) in [6.07, 6.45) is 4.99. The quantitative estimate of drug-likeness (QED) is 0.832. The van der Waals surface area contributed by atoms with Crippen molar-refractivity contribution in [2.75, 3.05) is 12.4 Å². The van der Waals surface area contributed by atoms with E-state index in [9.17, 15) is 4.79 Å². The van der Waals surface area contributed by atoms with Crippen molar-refractivity contribution in [2.45, 2.75) is 38.6 Å². The number of methoxy groups -OCH3 is 1. The van der Waals surface area contributed by atoms with Crippen LogP contribution in [-0.2, 0) is 4.74 Å². The molecule has 18 heavy (non-hydrogen) atoms. The molecule has 0 spiro atoms. The molecule has 2 atom stereocenters. The highest BCUT2D eigenvalue weighted by atomic mass is 16.5. The predicted molar refractivity (Wildman–Crippen MR) is 68.4 cm³/mol. The normalized spacial score (nSPS) is 23.4. The Morgan fingerprint density at radius 2 is 2.11 bits per heavy atom. The van der Waals surface area contributed by atoms with Crippen LogP contribution in [0.3, 0.4) is 0 Å². The van der Waals surface area contributed by atoms with E-state index in [4.69, 9.17) is 0 Å². The second kappa shape index (κ2) is 5.80. The van der Waals surface area contributed by atoms with E-state index < -0.39 is 5.97 Å². The van der Waals surface area contributed by atoms with Crippen LogP contribution in [0.5, 0.6) is 0 Å². The van der Waals surface area contributed by atoms with Gasteiger partial charge in [-0.25, -0.2) is 4.79 Å². The van der Waals surface area contributed by atoms with Gasteiger partial charge >= 0.3 is 5.97 Å². The van der Waals surface area contributed by atoms with Crippen LogP contribution in [-0.4, -0.2) is 29.3 Å². The Bertz CT molecular complexity index is 405. The Labute approximate surface area is 107 Å². The van der Waals surface area contributed by atoms with Gasteiger partial charge in [-0.2, -0.15) is 0 Å². The van der Waals surface area contributed by atoms with Crippen molar-refractivity contribution >= 4 is 11.8 Å². The standard InChI is InChI=1S/C13H19N3O2/c1-9-5-3-4-6-10(9)14-12-8-7-11(15-16-12)13(17)18-2/h7-10H,3-6H2,1-2H3,(H,14,16)/t9-,10+/m0/s1. The third kappa shape index (κ3) is 2.97. The van der Waals surface area contributed by atoms with E-state index in [1.165, 1.54) is 32.8 Å². The molecular formula is C13H19N3O2. The molecule has 1 N–H and O–H groups in total. The first-order valence-corrected chi connectivity index (χ1v) is 6.39. The zero-order chi connectivity index (χ0) is 13.0. The number of carbonyl (C=O) groups is 1. The first-order valence-electron chi connectivity index (χ1n) is 6.39. The van der Waals surface area contributed by atoms with Crippen LogP contribution in [0.4, 0.5) is 5.82 Å². The molecule has 1 heterocycles. The van der Waals surface area contributed by atoms with E-state index in [2.05, 4.69) is 27.2 Å². The van der Waals surface area contributed by atoms with Gasteiger partial charge in [0.1, 0.15) is 5.82 Å². The topological polar surface area (TPSA) is 64.1 Å². The maximum atomic E-state index is 11.2. The van der Waals surface area contributed by atoms with Gasteiger partial charge < -0.3 is 10.1 Å². The van der Waals surface area contributed by atoms with Crippen molar-refractivity contribution in [3.8, 4) is 0 Å². The molecule has 0 unspecified atom stereocenters. The predicted octanol–water partition coefficient (Wildman–Crippen LogP) is 2.25. The molecule has 1 aliphatic carbocycles. The van der Waals surface area contributed by atoms with Crippen molar-refractivity contribution in [3.05, 3.63) is 17.8 Å². The van der Waals surface area contributed by atoms with Crippen LogP contribution < -0.4 is 5.32 Å². The first-order chi connectivity index (χ1) is 8.70. The molecule has 0 aromatic carbocycles. The summed E-state index contributed by atoms with van der Waals surface area (Å²) >= 11 is 0. The molecule has 5 nitrogen and oxygen atoms in total. The number of hydrogen-bond donors (Lipinski definition) is 1. The van der Waals surface area contributed by atoms with Crippen molar-refractivity contribution < 1.29 is 9.53 Å². The molecular weight excluding hydrogens is 230 g/mol. The zero-order valence-electron chi connectivity index (χ0n) is 10.8. The van der Waals surface area contributed by atoms with Crippen LogP contribution in [0.1, 0.15) is 43.1 Å². The van der Waals surface area contributed by atoms with Gasteiger partial charge in [-0.3, -0.25) is 0 Å². The monoisotopic (exact) mass is 249 g/mol. The van der Waals surface area contributed by atoms with E-state index in [0.29, 0.717) is 12.0 Å². The fourth-order valence-electron chi connectivity index (χ4n) is 2.34. The number of rotatable bonds is 3. The number of ether oxygens (including phenoxy) is 1. The summed E-state index contributed by atoms with van der Waals surface area (Å²) < 4.78 is 4.58. The summed E-state index contributed by atoms with van der Waals surface area (Å²) in [5, 5.41) is 11.3.